The van der Waals surface area contributed by atoms with Crippen LogP contribution in [-0.4, -0.2) is 50.8 Å². The number of carboxylic acid groups (broad SMARTS) is 1. The number of nitrogens with one attached hydrogen (secondary N) is 1. The summed E-state index contributed by atoms with van der Waals surface area (Å²) in [6.07, 6.45) is 3.40. The lowest BCUT2D eigenvalue weighted by molar-refractivity contribution is -0.141. The summed E-state index contributed by atoms with van der Waals surface area (Å²) in [7, 11) is 1.50. The Morgan fingerprint density at radius 3 is 2.21 bits per heavy atom. The van der Waals surface area contributed by atoms with E-state index in [9.17, 15) is 19.5 Å². The number of carbonyl (C=O) groups excluding carboxylic acids is 2. The van der Waals surface area contributed by atoms with Crippen LogP contribution in [0.1, 0.15) is 37.4 Å². The lowest BCUT2D eigenvalue weighted by atomic mass is 10.0. The van der Waals surface area contributed by atoms with Crippen LogP contribution in [0.2, 0.25) is 0 Å². The monoisotopic (exact) mass is 569 g/mol. The minimum atomic E-state index is -1.07. The summed E-state index contributed by atoms with van der Waals surface area (Å²) in [6, 6.07) is 25.8. The highest BCUT2D eigenvalue weighted by Gasteiger charge is 2.27. The smallest absolute Gasteiger partial charge is 0.326 e. The first-order valence-corrected chi connectivity index (χ1v) is 13.4. The van der Waals surface area contributed by atoms with Crippen molar-refractivity contribution in [1.29, 1.82) is 0 Å². The van der Waals surface area contributed by atoms with Crippen molar-refractivity contribution in [3.05, 3.63) is 131 Å². The number of hydrazine groups is 1. The first-order chi connectivity index (χ1) is 20.8. The molecule has 9 nitrogen and oxygen atoms in total. The third-order valence-corrected chi connectivity index (χ3v) is 6.99. The molecule has 0 saturated carbocycles. The topological polar surface area (TPSA) is 139 Å². The molecule has 0 bridgehead atoms. The molecule has 212 valence electrons. The Hall–Kier alpha value is -5.85. The largest absolute Gasteiger partial charge is 0.480 e. The molecule has 1 atom stereocenters. The number of rotatable bonds is 7. The predicted molar refractivity (Wildman–Crippen MR) is 163 cm³/mol. The second-order valence-corrected chi connectivity index (χ2v) is 9.79. The van der Waals surface area contributed by atoms with Gasteiger partial charge in [0.2, 0.25) is 0 Å². The van der Waals surface area contributed by atoms with E-state index < -0.39 is 17.9 Å². The molecule has 9 heteroatoms. The molecule has 3 aromatic carbocycles. The number of carbonyl (C=O) groups is 3. The fourth-order valence-corrected chi connectivity index (χ4v) is 4.62. The molecule has 0 spiro atoms. The molecule has 2 amide bonds. The van der Waals surface area contributed by atoms with E-state index in [0.29, 0.717) is 33.3 Å². The Kier molecular flexibility index (Phi) is 8.51. The first kappa shape index (κ1) is 28.7. The SMILES string of the molecule is CN(C(=O)c1ccc(C#Cc2ccc(-c3cc(C(=O)NN)c4cnccc4n3)cc2)cc1)C(Cc1ccccc1)C(=O)O. The molecule has 2 aromatic heterocycles. The number of aromatic nitrogens is 2. The van der Waals surface area contributed by atoms with E-state index in [0.717, 1.165) is 16.7 Å². The molecular weight excluding hydrogens is 542 g/mol. The van der Waals surface area contributed by atoms with Gasteiger partial charge in [0, 0.05) is 53.5 Å². The number of hydrogen-bond donors (Lipinski definition) is 3. The van der Waals surface area contributed by atoms with E-state index in [-0.39, 0.29) is 12.3 Å². The molecule has 0 aliphatic rings. The number of hydrogen-bond acceptors (Lipinski definition) is 6. The van der Waals surface area contributed by atoms with E-state index in [1.807, 2.05) is 54.6 Å². The number of pyridine rings is 2. The molecule has 43 heavy (non-hydrogen) atoms. The van der Waals surface area contributed by atoms with Crippen molar-refractivity contribution in [1.82, 2.24) is 20.3 Å². The number of nitrogens with zero attached hydrogens (tertiary/aromatic N) is 3. The van der Waals surface area contributed by atoms with Gasteiger partial charge in [-0.15, -0.1) is 0 Å². The summed E-state index contributed by atoms with van der Waals surface area (Å²) in [5, 5.41) is 10.4. The number of amides is 2. The Balaban J connectivity index is 1.29. The molecule has 0 radical (unpaired) electrons. The Morgan fingerprint density at radius 2 is 1.58 bits per heavy atom. The van der Waals surface area contributed by atoms with E-state index in [1.165, 1.54) is 11.9 Å². The van der Waals surface area contributed by atoms with E-state index in [4.69, 9.17) is 5.84 Å². The highest BCUT2D eigenvalue weighted by molar-refractivity contribution is 6.06. The first-order valence-electron chi connectivity index (χ1n) is 13.4. The summed E-state index contributed by atoms with van der Waals surface area (Å²) in [4.78, 5) is 47.3. The molecule has 0 aliphatic carbocycles. The van der Waals surface area contributed by atoms with Crippen molar-refractivity contribution in [2.45, 2.75) is 12.5 Å². The molecule has 0 aliphatic heterocycles. The average Bonchev–Trinajstić information content (AvgIpc) is 3.05. The minimum absolute atomic E-state index is 0.208. The second-order valence-electron chi connectivity index (χ2n) is 9.79. The van der Waals surface area contributed by atoms with Gasteiger partial charge in [-0.1, -0.05) is 54.3 Å². The van der Waals surface area contributed by atoms with Crippen LogP contribution in [0.5, 0.6) is 0 Å². The Bertz CT molecular complexity index is 1860. The average molecular weight is 570 g/mol. The summed E-state index contributed by atoms with van der Waals surface area (Å²) >= 11 is 0. The zero-order valence-corrected chi connectivity index (χ0v) is 23.2. The van der Waals surface area contributed by atoms with Crippen molar-refractivity contribution >= 4 is 28.7 Å². The van der Waals surface area contributed by atoms with Gasteiger partial charge in [0.05, 0.1) is 16.8 Å². The van der Waals surface area contributed by atoms with Gasteiger partial charge in [0.1, 0.15) is 6.04 Å². The molecule has 5 aromatic rings. The van der Waals surface area contributed by atoms with E-state index in [1.54, 1.807) is 48.8 Å². The number of nitrogen functional groups attached to an aromatic ring is 1. The quantitative estimate of drug-likeness (QED) is 0.116. The van der Waals surface area contributed by atoms with Crippen LogP contribution < -0.4 is 11.3 Å². The summed E-state index contributed by atoms with van der Waals surface area (Å²) < 4.78 is 0. The van der Waals surface area contributed by atoms with Crippen LogP contribution >= 0.6 is 0 Å². The van der Waals surface area contributed by atoms with Gasteiger partial charge in [-0.3, -0.25) is 20.0 Å². The molecule has 1 unspecified atom stereocenters. The maximum Gasteiger partial charge on any atom is 0.326 e. The van der Waals surface area contributed by atoms with Crippen LogP contribution in [0.3, 0.4) is 0 Å². The normalized spacial score (nSPS) is 11.2. The van der Waals surface area contributed by atoms with Crippen molar-refractivity contribution in [2.24, 2.45) is 5.84 Å². The lowest BCUT2D eigenvalue weighted by Gasteiger charge is -2.25. The predicted octanol–water partition coefficient (Wildman–Crippen LogP) is 4.07. The maximum atomic E-state index is 13.1. The van der Waals surface area contributed by atoms with Gasteiger partial charge in [-0.05, 0) is 54.1 Å². The second kappa shape index (κ2) is 12.8. The maximum absolute atomic E-state index is 13.1. The van der Waals surface area contributed by atoms with Crippen molar-refractivity contribution in [2.75, 3.05) is 7.05 Å². The third kappa shape index (κ3) is 6.56. The molecule has 0 fully saturated rings. The van der Waals surface area contributed by atoms with Crippen LogP contribution in [0.15, 0.2) is 103 Å². The Labute approximate surface area is 248 Å². The number of likely N-dealkylation sites (N-methyl/N-ethyl adjacent to an activating group) is 1. The minimum Gasteiger partial charge on any atom is -0.480 e. The van der Waals surface area contributed by atoms with Crippen LogP contribution in [0.4, 0.5) is 0 Å². The molecule has 2 heterocycles. The van der Waals surface area contributed by atoms with E-state index >= 15 is 0 Å². The molecule has 5 rings (SSSR count). The van der Waals surface area contributed by atoms with E-state index in [2.05, 4.69) is 27.2 Å². The van der Waals surface area contributed by atoms with Crippen molar-refractivity contribution in [3.8, 4) is 23.1 Å². The van der Waals surface area contributed by atoms with Gasteiger partial charge in [0.25, 0.3) is 11.8 Å². The van der Waals surface area contributed by atoms with Crippen molar-refractivity contribution < 1.29 is 19.5 Å². The summed E-state index contributed by atoms with van der Waals surface area (Å²) in [6.45, 7) is 0. The van der Waals surface area contributed by atoms with Gasteiger partial charge in [-0.2, -0.15) is 0 Å². The number of benzene rings is 3. The third-order valence-electron chi connectivity index (χ3n) is 6.99. The summed E-state index contributed by atoms with van der Waals surface area (Å²) in [5.41, 5.74) is 7.25. The highest BCUT2D eigenvalue weighted by atomic mass is 16.4. The standard InChI is InChI=1S/C34H27N5O4/c1-39(31(34(42)43)19-24-5-3-2-4-6-24)33(41)26-15-11-23(12-16-26)8-7-22-9-13-25(14-10-22)30-20-27(32(40)38-35)28-21-36-18-17-29(28)37-30/h2-6,9-18,20-21,31H,19,35H2,1H3,(H,38,40)(H,42,43). The molecule has 4 N–H and O–H groups in total. The lowest BCUT2D eigenvalue weighted by Crippen LogP contribution is -2.43. The van der Waals surface area contributed by atoms with Gasteiger partial charge in [0.15, 0.2) is 0 Å². The number of carboxylic acids is 1. The Morgan fingerprint density at radius 1 is 0.930 bits per heavy atom. The number of fused-ring (bicyclic) bond motifs is 1. The van der Waals surface area contributed by atoms with Crippen molar-refractivity contribution in [3.63, 3.8) is 0 Å². The van der Waals surface area contributed by atoms with Crippen LogP contribution in [0.25, 0.3) is 22.2 Å². The summed E-state index contributed by atoms with van der Waals surface area (Å²) in [5.74, 6) is 9.68. The van der Waals surface area contributed by atoms with Gasteiger partial charge < -0.3 is 10.0 Å². The zero-order chi connectivity index (χ0) is 30.3. The van der Waals surface area contributed by atoms with Crippen LogP contribution in [0, 0.1) is 11.8 Å². The highest BCUT2D eigenvalue weighted by Crippen LogP contribution is 2.25. The number of aliphatic carboxylic acids is 1. The van der Waals surface area contributed by atoms with Crippen LogP contribution in [-0.2, 0) is 11.2 Å². The van der Waals surface area contributed by atoms with Gasteiger partial charge >= 0.3 is 5.97 Å². The zero-order valence-electron chi connectivity index (χ0n) is 23.2. The number of nitrogens with two attached hydrogens (primary N) is 1. The fraction of sp³-hybridized carbons (Fsp3) is 0.0882. The molecular formula is C34H27N5O4. The fourth-order valence-electron chi connectivity index (χ4n) is 4.62. The molecule has 0 saturated heterocycles. The van der Waals surface area contributed by atoms with Gasteiger partial charge in [-0.25, -0.2) is 15.6 Å².